The van der Waals surface area contributed by atoms with E-state index in [1.54, 1.807) is 6.07 Å². The molecule has 0 saturated carbocycles. The molecule has 1 aliphatic rings. The van der Waals surface area contributed by atoms with Crippen LogP contribution in [0.5, 0.6) is 0 Å². The van der Waals surface area contributed by atoms with Crippen molar-refractivity contribution < 1.29 is 4.39 Å². The van der Waals surface area contributed by atoms with E-state index < -0.39 is 0 Å². The zero-order valence-corrected chi connectivity index (χ0v) is 25.3. The van der Waals surface area contributed by atoms with Gasteiger partial charge in [-0.2, -0.15) is 0 Å². The molecule has 0 bridgehead atoms. The van der Waals surface area contributed by atoms with Gasteiger partial charge in [-0.15, -0.1) is 0 Å². The molecule has 0 amide bonds. The highest BCUT2D eigenvalue weighted by Gasteiger charge is 2.58. The van der Waals surface area contributed by atoms with Gasteiger partial charge in [0.15, 0.2) is 0 Å². The number of fused-ring (bicyclic) bond motifs is 1. The maximum Gasteiger partial charge on any atom is 0.127 e. The van der Waals surface area contributed by atoms with E-state index in [4.69, 9.17) is 0 Å². The normalized spacial score (nSPS) is 16.7. The first-order chi connectivity index (χ1) is 18.1. The van der Waals surface area contributed by atoms with Gasteiger partial charge in [-0.25, -0.2) is 4.39 Å². The molecule has 2 heteroatoms. The average Bonchev–Trinajstić information content (AvgIpc) is 2.92. The summed E-state index contributed by atoms with van der Waals surface area (Å²) in [6.45, 7) is 22.0. The fourth-order valence-electron chi connectivity index (χ4n) is 6.74. The number of benzene rings is 4. The average molecular weight is 520 g/mol. The molecule has 0 unspecified atom stereocenters. The summed E-state index contributed by atoms with van der Waals surface area (Å²) in [5.74, 6) is -0.0951. The first kappa shape index (κ1) is 27.2. The second kappa shape index (κ2) is 9.08. The van der Waals surface area contributed by atoms with E-state index in [0.717, 1.165) is 39.3 Å². The molecule has 0 heterocycles. The van der Waals surface area contributed by atoms with Gasteiger partial charge in [0.1, 0.15) is 5.82 Å². The summed E-state index contributed by atoms with van der Waals surface area (Å²) in [6, 6.07) is 25.9. The quantitative estimate of drug-likeness (QED) is 0.259. The molecule has 5 rings (SSSR count). The van der Waals surface area contributed by atoms with Gasteiger partial charge in [-0.05, 0) is 131 Å². The van der Waals surface area contributed by atoms with Crippen LogP contribution in [0.2, 0.25) is 0 Å². The molecule has 4 aromatic carbocycles. The summed E-state index contributed by atoms with van der Waals surface area (Å²) in [5.41, 5.74) is 11.8. The Hall–Kier alpha value is -3.39. The Morgan fingerprint density at radius 3 is 1.44 bits per heavy atom. The van der Waals surface area contributed by atoms with Crippen molar-refractivity contribution in [2.75, 3.05) is 4.90 Å². The number of halogens is 1. The van der Waals surface area contributed by atoms with Gasteiger partial charge in [0.2, 0.25) is 0 Å². The predicted molar refractivity (Wildman–Crippen MR) is 165 cm³/mol. The first-order valence-electron chi connectivity index (χ1n) is 14.0. The van der Waals surface area contributed by atoms with E-state index in [0.29, 0.717) is 0 Å². The van der Waals surface area contributed by atoms with Crippen LogP contribution in [0.4, 0.5) is 21.5 Å². The molecule has 1 aliphatic carbocycles. The summed E-state index contributed by atoms with van der Waals surface area (Å²) in [5, 5.41) is 0. The number of hydrogen-bond donors (Lipinski definition) is 0. The third-order valence-corrected chi connectivity index (χ3v) is 9.90. The highest BCUT2D eigenvalue weighted by Crippen LogP contribution is 2.62. The van der Waals surface area contributed by atoms with Crippen LogP contribution >= 0.6 is 0 Å². The Morgan fingerprint density at radius 1 is 0.513 bits per heavy atom. The second-order valence-electron chi connectivity index (χ2n) is 13.3. The number of aryl methyl sites for hydroxylation is 4. The monoisotopic (exact) mass is 519 g/mol. The summed E-state index contributed by atoms with van der Waals surface area (Å²) in [4.78, 5) is 2.32. The maximum atomic E-state index is 15.8. The van der Waals surface area contributed by atoms with Crippen molar-refractivity contribution in [3.63, 3.8) is 0 Å². The molecular weight excluding hydrogens is 477 g/mol. The number of hydrogen-bond acceptors (Lipinski definition) is 1. The summed E-state index contributed by atoms with van der Waals surface area (Å²) < 4.78 is 15.8. The molecule has 0 saturated heterocycles. The van der Waals surface area contributed by atoms with Crippen molar-refractivity contribution in [1.82, 2.24) is 0 Å². The minimum Gasteiger partial charge on any atom is -0.310 e. The van der Waals surface area contributed by atoms with Gasteiger partial charge < -0.3 is 4.90 Å². The minimum absolute atomic E-state index is 0.0793. The fourth-order valence-corrected chi connectivity index (χ4v) is 6.74. The highest BCUT2D eigenvalue weighted by molar-refractivity contribution is 5.79. The lowest BCUT2D eigenvalue weighted by atomic mass is 9.59. The molecule has 202 valence electrons. The fraction of sp³-hybridized carbons (Fsp3) is 0.351. The zero-order valence-electron chi connectivity index (χ0n) is 25.3. The van der Waals surface area contributed by atoms with Crippen LogP contribution in [0.3, 0.4) is 0 Å². The number of anilines is 3. The topological polar surface area (TPSA) is 3.24 Å². The Bertz CT molecular complexity index is 1480. The Balaban J connectivity index is 1.62. The summed E-state index contributed by atoms with van der Waals surface area (Å²) >= 11 is 0. The molecule has 4 aromatic rings. The van der Waals surface area contributed by atoms with Gasteiger partial charge in [0.25, 0.3) is 0 Å². The van der Waals surface area contributed by atoms with Crippen molar-refractivity contribution in [2.45, 2.75) is 80.1 Å². The minimum atomic E-state index is -0.253. The van der Waals surface area contributed by atoms with Crippen LogP contribution in [0.15, 0.2) is 72.8 Å². The standard InChI is InChI=1S/C37H42FN/c1-23-15-24(2)18-30(17-23)39(31-19-25(3)16-26(4)20-31)29-13-11-27(12-14-29)28-21-32-34(33(38)22-28)36(7,8)37(9,10)35(32,5)6/h11-22H,1-10H3. The van der Waals surface area contributed by atoms with Crippen LogP contribution in [0.25, 0.3) is 11.1 Å². The highest BCUT2D eigenvalue weighted by atomic mass is 19.1. The van der Waals surface area contributed by atoms with Gasteiger partial charge in [0, 0.05) is 17.1 Å². The van der Waals surface area contributed by atoms with Gasteiger partial charge in [-0.3, -0.25) is 0 Å². The Kier molecular flexibility index (Phi) is 6.33. The van der Waals surface area contributed by atoms with Gasteiger partial charge >= 0.3 is 0 Å². The van der Waals surface area contributed by atoms with Crippen molar-refractivity contribution in [2.24, 2.45) is 5.41 Å². The SMILES string of the molecule is Cc1cc(C)cc(N(c2ccc(-c3cc(F)c4c(c3)C(C)(C)C(C)(C)C4(C)C)cc2)c2cc(C)cc(C)c2)c1. The lowest BCUT2D eigenvalue weighted by Gasteiger charge is -2.44. The molecule has 0 atom stereocenters. The molecule has 0 fully saturated rings. The molecule has 0 radical (unpaired) electrons. The third kappa shape index (κ3) is 4.29. The van der Waals surface area contributed by atoms with Crippen LogP contribution in [-0.4, -0.2) is 0 Å². The molecule has 1 nitrogen and oxygen atoms in total. The van der Waals surface area contributed by atoms with Crippen molar-refractivity contribution in [3.05, 3.63) is 112 Å². The largest absolute Gasteiger partial charge is 0.310 e. The lowest BCUT2D eigenvalue weighted by Crippen LogP contribution is -2.42. The summed E-state index contributed by atoms with van der Waals surface area (Å²) in [7, 11) is 0. The zero-order chi connectivity index (χ0) is 28.5. The second-order valence-corrected chi connectivity index (χ2v) is 13.3. The number of nitrogens with zero attached hydrogens (tertiary/aromatic N) is 1. The van der Waals surface area contributed by atoms with Gasteiger partial charge in [-0.1, -0.05) is 71.9 Å². The predicted octanol–water partition coefficient (Wildman–Crippen LogP) is 10.8. The van der Waals surface area contributed by atoms with Crippen molar-refractivity contribution in [3.8, 4) is 11.1 Å². The molecule has 0 aromatic heterocycles. The molecule has 0 spiro atoms. The van der Waals surface area contributed by atoms with E-state index in [1.165, 1.54) is 22.3 Å². The van der Waals surface area contributed by atoms with Gasteiger partial charge in [0.05, 0.1) is 0 Å². The number of rotatable bonds is 4. The molecule has 0 N–H and O–H groups in total. The summed E-state index contributed by atoms with van der Waals surface area (Å²) in [6.07, 6.45) is 0. The van der Waals surface area contributed by atoms with Crippen LogP contribution in [-0.2, 0) is 10.8 Å². The molecule has 0 aliphatic heterocycles. The Labute approximate surface area is 234 Å². The van der Waals surface area contributed by atoms with E-state index in [-0.39, 0.29) is 22.1 Å². The van der Waals surface area contributed by atoms with E-state index in [2.05, 4.69) is 141 Å². The smallest absolute Gasteiger partial charge is 0.127 e. The van der Waals surface area contributed by atoms with Crippen molar-refractivity contribution in [1.29, 1.82) is 0 Å². The first-order valence-corrected chi connectivity index (χ1v) is 14.0. The third-order valence-electron chi connectivity index (χ3n) is 9.90. The maximum absolute atomic E-state index is 15.8. The van der Waals surface area contributed by atoms with Crippen LogP contribution in [0.1, 0.15) is 74.9 Å². The van der Waals surface area contributed by atoms with E-state index in [9.17, 15) is 0 Å². The van der Waals surface area contributed by atoms with Crippen LogP contribution < -0.4 is 4.90 Å². The molecular formula is C37H42FN. The van der Waals surface area contributed by atoms with E-state index >= 15 is 4.39 Å². The lowest BCUT2D eigenvalue weighted by molar-refractivity contribution is 0.123. The van der Waals surface area contributed by atoms with E-state index in [1.807, 2.05) is 0 Å². The molecule has 39 heavy (non-hydrogen) atoms. The van der Waals surface area contributed by atoms with Crippen molar-refractivity contribution >= 4 is 17.1 Å². The Morgan fingerprint density at radius 2 is 0.974 bits per heavy atom. The van der Waals surface area contributed by atoms with Crippen LogP contribution in [0, 0.1) is 38.9 Å².